The maximum Gasteiger partial charge on any atom is 0.298 e. The lowest BCUT2D eigenvalue weighted by Gasteiger charge is -2.25. The van der Waals surface area contributed by atoms with Gasteiger partial charge in [-0.25, -0.2) is 12.7 Å². The van der Waals surface area contributed by atoms with Crippen LogP contribution in [0.2, 0.25) is 0 Å². The number of fused-ring (bicyclic) bond motifs is 1. The van der Waals surface area contributed by atoms with Crippen LogP contribution in [-0.4, -0.2) is 76.5 Å². The summed E-state index contributed by atoms with van der Waals surface area (Å²) in [7, 11) is -1.09. The number of anilines is 2. The van der Waals surface area contributed by atoms with Crippen molar-refractivity contribution >= 4 is 66.2 Å². The number of halogens is 1. The number of rotatable bonds is 12. The van der Waals surface area contributed by atoms with Gasteiger partial charge in [0.05, 0.1) is 33.9 Å². The minimum Gasteiger partial charge on any atom is -0.383 e. The van der Waals surface area contributed by atoms with E-state index in [1.165, 1.54) is 13.8 Å². The van der Waals surface area contributed by atoms with Gasteiger partial charge in [-0.3, -0.25) is 19.7 Å². The molecule has 0 atom stereocenters. The van der Waals surface area contributed by atoms with Crippen LogP contribution in [0.1, 0.15) is 24.2 Å². The molecule has 1 aliphatic heterocycles. The fourth-order valence-electron chi connectivity index (χ4n) is 3.90. The highest BCUT2D eigenvalue weighted by Gasteiger charge is 2.45. The molecule has 14 nitrogen and oxygen atoms in total. The summed E-state index contributed by atoms with van der Waals surface area (Å²) in [5.41, 5.74) is -0.195. The maximum absolute atomic E-state index is 12.9. The number of hydrogen-bond acceptors (Lipinski definition) is 11. The van der Waals surface area contributed by atoms with Crippen LogP contribution in [0.15, 0.2) is 43.9 Å². The van der Waals surface area contributed by atoms with Gasteiger partial charge in [-0.05, 0) is 41.1 Å². The number of azo groups is 1. The first-order valence-corrected chi connectivity index (χ1v) is 13.8. The van der Waals surface area contributed by atoms with Gasteiger partial charge in [0.1, 0.15) is 10.6 Å². The predicted octanol–water partition coefficient (Wildman–Crippen LogP) is 3.99. The summed E-state index contributed by atoms with van der Waals surface area (Å²) in [4.78, 5) is 37.1. The molecule has 1 heterocycles. The lowest BCUT2D eigenvalue weighted by atomic mass is 10.1. The number of ether oxygens (including phenoxy) is 2. The highest BCUT2D eigenvalue weighted by molar-refractivity contribution is 9.10. The minimum atomic E-state index is -4.25. The van der Waals surface area contributed by atoms with Crippen molar-refractivity contribution < 1.29 is 32.4 Å². The van der Waals surface area contributed by atoms with Gasteiger partial charge in [0.25, 0.3) is 21.6 Å². The van der Waals surface area contributed by atoms with Crippen LogP contribution < -0.4 is 10.2 Å². The Labute approximate surface area is 233 Å². The number of carbonyl (C=O) groups excluding carboxylic acids is 2. The Balaban J connectivity index is 2.12. The Hall–Kier alpha value is -3.47. The number of amides is 2. The number of nitrogens with one attached hydrogen (secondary N) is 1. The first-order valence-electron chi connectivity index (χ1n) is 11.6. The third-order valence-electron chi connectivity index (χ3n) is 5.71. The predicted molar refractivity (Wildman–Crippen MR) is 146 cm³/mol. The van der Waals surface area contributed by atoms with Crippen LogP contribution in [0.3, 0.4) is 0 Å². The van der Waals surface area contributed by atoms with E-state index in [1.54, 1.807) is 32.4 Å². The zero-order chi connectivity index (χ0) is 28.9. The first kappa shape index (κ1) is 30.1. The largest absolute Gasteiger partial charge is 0.383 e. The van der Waals surface area contributed by atoms with Crippen LogP contribution in [0.5, 0.6) is 0 Å². The summed E-state index contributed by atoms with van der Waals surface area (Å²) in [6.07, 6.45) is 0. The molecule has 210 valence electrons. The van der Waals surface area contributed by atoms with Crippen molar-refractivity contribution in [3.05, 3.63) is 44.4 Å². The van der Waals surface area contributed by atoms with Crippen LogP contribution in [0, 0.1) is 10.1 Å². The quantitative estimate of drug-likeness (QED) is 0.207. The van der Waals surface area contributed by atoms with E-state index in [9.17, 15) is 28.1 Å². The molecule has 16 heteroatoms. The van der Waals surface area contributed by atoms with E-state index in [4.69, 9.17) is 9.47 Å². The molecule has 0 fully saturated rings. The number of carbonyl (C=O) groups is 2. The lowest BCUT2D eigenvalue weighted by Crippen LogP contribution is -2.30. The summed E-state index contributed by atoms with van der Waals surface area (Å²) in [6.45, 7) is 4.60. The van der Waals surface area contributed by atoms with Gasteiger partial charge in [-0.1, -0.05) is 0 Å². The van der Waals surface area contributed by atoms with Crippen molar-refractivity contribution in [2.24, 2.45) is 10.2 Å². The van der Waals surface area contributed by atoms with E-state index in [-0.39, 0.29) is 28.0 Å². The monoisotopic (exact) mass is 626 g/mol. The average Bonchev–Trinajstić information content (AvgIpc) is 3.07. The molecular weight excluding hydrogens is 600 g/mol. The van der Waals surface area contributed by atoms with Crippen LogP contribution in [0.4, 0.5) is 28.4 Å². The fourth-order valence-corrected chi connectivity index (χ4v) is 6.63. The third kappa shape index (κ3) is 6.24. The van der Waals surface area contributed by atoms with Gasteiger partial charge < -0.3 is 19.7 Å². The van der Waals surface area contributed by atoms with Crippen molar-refractivity contribution in [3.8, 4) is 0 Å². The molecule has 0 aliphatic carbocycles. The third-order valence-corrected chi connectivity index (χ3v) is 8.69. The summed E-state index contributed by atoms with van der Waals surface area (Å²) >= 11 is 3.11. The van der Waals surface area contributed by atoms with Crippen molar-refractivity contribution in [1.82, 2.24) is 4.31 Å². The normalized spacial score (nSPS) is 14.1. The molecule has 0 spiro atoms. The fraction of sp³-hybridized carbons (Fsp3) is 0.391. The molecule has 0 unspecified atom stereocenters. The zero-order valence-corrected chi connectivity index (χ0v) is 24.0. The standard InChI is InChI=1S/C23H27BrN6O8S/c1-5-29-23(32)16-13-19(30(33)34)21(20(24)22(16)39(29,35)36)27-26-17-7-6-15(12-18(17)25-14(2)31)28(8-10-37-3)9-11-38-4/h6-7,12-13H,5,8-11H2,1-4H3,(H,25,31)/b27-26+. The Kier molecular flexibility index (Phi) is 9.71. The summed E-state index contributed by atoms with van der Waals surface area (Å²) in [5, 5.41) is 22.6. The number of nitro benzene ring substituents is 1. The number of nitrogens with zero attached hydrogens (tertiary/aromatic N) is 5. The molecule has 0 radical (unpaired) electrons. The number of benzene rings is 2. The number of sulfonamides is 1. The van der Waals surface area contributed by atoms with E-state index in [2.05, 4.69) is 31.5 Å². The van der Waals surface area contributed by atoms with Crippen LogP contribution in [0.25, 0.3) is 0 Å². The second kappa shape index (κ2) is 12.6. The molecule has 0 saturated heterocycles. The Morgan fingerprint density at radius 2 is 1.82 bits per heavy atom. The molecule has 1 N–H and O–H groups in total. The molecule has 0 saturated carbocycles. The molecule has 39 heavy (non-hydrogen) atoms. The number of hydrogen-bond donors (Lipinski definition) is 1. The van der Waals surface area contributed by atoms with Crippen molar-refractivity contribution in [2.45, 2.75) is 18.7 Å². The molecule has 1 aliphatic rings. The van der Waals surface area contributed by atoms with E-state index < -0.39 is 43.0 Å². The summed E-state index contributed by atoms with van der Waals surface area (Å²) in [5.74, 6) is -1.26. The van der Waals surface area contributed by atoms with Gasteiger partial charge >= 0.3 is 0 Å². The topological polar surface area (TPSA) is 173 Å². The van der Waals surface area contributed by atoms with Crippen molar-refractivity contribution in [2.75, 3.05) is 57.3 Å². The second-order valence-electron chi connectivity index (χ2n) is 8.22. The van der Waals surface area contributed by atoms with Crippen molar-refractivity contribution in [1.29, 1.82) is 0 Å². The molecule has 2 amide bonds. The minimum absolute atomic E-state index is 0.148. The Morgan fingerprint density at radius 3 is 2.36 bits per heavy atom. The molecule has 2 aromatic rings. The van der Waals surface area contributed by atoms with Crippen LogP contribution in [-0.2, 0) is 24.3 Å². The zero-order valence-electron chi connectivity index (χ0n) is 21.6. The van der Waals surface area contributed by atoms with E-state index in [0.717, 1.165) is 11.8 Å². The highest BCUT2D eigenvalue weighted by Crippen LogP contribution is 2.47. The Bertz CT molecular complexity index is 1420. The second-order valence-corrected chi connectivity index (χ2v) is 10.8. The van der Waals surface area contributed by atoms with Gasteiger partial charge in [-0.15, -0.1) is 10.2 Å². The molecule has 0 aromatic heterocycles. The van der Waals surface area contributed by atoms with Crippen LogP contribution >= 0.6 is 15.9 Å². The van der Waals surface area contributed by atoms with Gasteiger partial charge in [-0.2, -0.15) is 0 Å². The van der Waals surface area contributed by atoms with Gasteiger partial charge in [0, 0.05) is 52.5 Å². The number of methoxy groups -OCH3 is 2. The van der Waals surface area contributed by atoms with Gasteiger partial charge in [0.15, 0.2) is 5.69 Å². The summed E-state index contributed by atoms with van der Waals surface area (Å²) in [6, 6.07) is 5.82. The Morgan fingerprint density at radius 1 is 1.18 bits per heavy atom. The molecule has 3 rings (SSSR count). The summed E-state index contributed by atoms with van der Waals surface area (Å²) < 4.78 is 36.6. The van der Waals surface area contributed by atoms with E-state index in [0.29, 0.717) is 30.6 Å². The van der Waals surface area contributed by atoms with Crippen molar-refractivity contribution in [3.63, 3.8) is 0 Å². The van der Waals surface area contributed by atoms with E-state index >= 15 is 0 Å². The molecular formula is C23H27BrN6O8S. The maximum atomic E-state index is 12.9. The molecule has 0 bridgehead atoms. The lowest BCUT2D eigenvalue weighted by molar-refractivity contribution is -0.384. The smallest absolute Gasteiger partial charge is 0.298 e. The average molecular weight is 627 g/mol. The van der Waals surface area contributed by atoms with E-state index in [1.807, 2.05) is 4.90 Å². The first-order chi connectivity index (χ1) is 18.5. The molecule has 2 aromatic carbocycles. The number of nitro groups is 1. The van der Waals surface area contributed by atoms with Gasteiger partial charge in [0.2, 0.25) is 5.91 Å². The SMILES string of the molecule is CCN1C(=O)c2cc([N+](=O)[O-])c(/N=N/c3ccc(N(CCOC)CCOC)cc3NC(C)=O)c(Br)c2S1(=O)=O. The highest BCUT2D eigenvalue weighted by atomic mass is 79.9.